The summed E-state index contributed by atoms with van der Waals surface area (Å²) in [4.78, 5) is 30.6. The van der Waals surface area contributed by atoms with Crippen molar-refractivity contribution in [1.29, 1.82) is 0 Å². The van der Waals surface area contributed by atoms with Crippen LogP contribution >= 0.6 is 0 Å². The minimum absolute atomic E-state index is 0.0353. The summed E-state index contributed by atoms with van der Waals surface area (Å²) in [5, 5.41) is 2.26. The van der Waals surface area contributed by atoms with E-state index >= 15 is 0 Å². The SMILES string of the molecule is CCCN(CCC(=O)N1CCN(c2ccc(F)cc2)CC1)CC(=O)Nc1ccc(F)c(F)c1F. The van der Waals surface area contributed by atoms with Gasteiger partial charge in [-0.3, -0.25) is 14.5 Å². The van der Waals surface area contributed by atoms with Crippen LogP contribution in [0.25, 0.3) is 0 Å². The summed E-state index contributed by atoms with van der Waals surface area (Å²) in [5.74, 6) is -5.35. The van der Waals surface area contributed by atoms with E-state index in [1.807, 2.05) is 6.92 Å². The van der Waals surface area contributed by atoms with Gasteiger partial charge in [0, 0.05) is 44.8 Å². The van der Waals surface area contributed by atoms with Crippen LogP contribution in [0.4, 0.5) is 28.9 Å². The zero-order chi connectivity index (χ0) is 24.7. The van der Waals surface area contributed by atoms with Crippen LogP contribution in [0.5, 0.6) is 0 Å². The third-order valence-corrected chi connectivity index (χ3v) is 5.68. The van der Waals surface area contributed by atoms with Crippen LogP contribution in [-0.4, -0.2) is 67.4 Å². The Balaban J connectivity index is 1.47. The molecule has 1 saturated heterocycles. The minimum atomic E-state index is -1.65. The Kier molecular flexibility index (Phi) is 8.86. The lowest BCUT2D eigenvalue weighted by molar-refractivity contribution is -0.132. The average molecular weight is 481 g/mol. The number of amides is 2. The van der Waals surface area contributed by atoms with Crippen molar-refractivity contribution in [3.63, 3.8) is 0 Å². The number of benzene rings is 2. The summed E-state index contributed by atoms with van der Waals surface area (Å²) >= 11 is 0. The van der Waals surface area contributed by atoms with Crippen molar-refractivity contribution >= 4 is 23.2 Å². The molecule has 34 heavy (non-hydrogen) atoms. The lowest BCUT2D eigenvalue weighted by atomic mass is 10.2. The van der Waals surface area contributed by atoms with Crippen molar-refractivity contribution < 1.29 is 27.2 Å². The van der Waals surface area contributed by atoms with Gasteiger partial charge in [0.15, 0.2) is 17.5 Å². The fourth-order valence-corrected chi connectivity index (χ4v) is 3.88. The zero-order valence-electron chi connectivity index (χ0n) is 19.0. The van der Waals surface area contributed by atoms with Crippen LogP contribution in [0.2, 0.25) is 0 Å². The molecule has 0 radical (unpaired) electrons. The molecule has 2 amide bonds. The molecule has 0 unspecified atom stereocenters. The van der Waals surface area contributed by atoms with E-state index in [-0.39, 0.29) is 24.7 Å². The molecule has 1 aliphatic heterocycles. The maximum atomic E-state index is 13.8. The second-order valence-electron chi connectivity index (χ2n) is 8.14. The molecule has 0 bridgehead atoms. The number of anilines is 2. The summed E-state index contributed by atoms with van der Waals surface area (Å²) in [5.41, 5.74) is 0.474. The number of nitrogens with one attached hydrogen (secondary N) is 1. The molecule has 10 heteroatoms. The highest BCUT2D eigenvalue weighted by Gasteiger charge is 2.22. The van der Waals surface area contributed by atoms with Crippen LogP contribution in [0.15, 0.2) is 36.4 Å². The lowest BCUT2D eigenvalue weighted by Crippen LogP contribution is -2.49. The van der Waals surface area contributed by atoms with Gasteiger partial charge >= 0.3 is 0 Å². The first-order valence-corrected chi connectivity index (χ1v) is 11.2. The predicted molar refractivity (Wildman–Crippen MR) is 121 cm³/mol. The first-order valence-electron chi connectivity index (χ1n) is 11.2. The highest BCUT2D eigenvalue weighted by Crippen LogP contribution is 2.20. The first-order chi connectivity index (χ1) is 16.3. The summed E-state index contributed by atoms with van der Waals surface area (Å²) in [6.45, 7) is 5.04. The molecule has 2 aromatic rings. The van der Waals surface area contributed by atoms with Crippen molar-refractivity contribution in [2.45, 2.75) is 19.8 Å². The third kappa shape index (κ3) is 6.69. The Morgan fingerprint density at radius 3 is 2.24 bits per heavy atom. The van der Waals surface area contributed by atoms with Gasteiger partial charge in [0.1, 0.15) is 5.82 Å². The maximum Gasteiger partial charge on any atom is 0.238 e. The Morgan fingerprint density at radius 2 is 1.59 bits per heavy atom. The second kappa shape index (κ2) is 11.8. The van der Waals surface area contributed by atoms with Gasteiger partial charge in [0.2, 0.25) is 11.8 Å². The van der Waals surface area contributed by atoms with Crippen LogP contribution in [0, 0.1) is 23.3 Å². The molecule has 1 heterocycles. The predicted octanol–water partition coefficient (Wildman–Crippen LogP) is 3.63. The van der Waals surface area contributed by atoms with Gasteiger partial charge in [-0.1, -0.05) is 6.92 Å². The highest BCUT2D eigenvalue weighted by atomic mass is 19.2. The molecular weight excluding hydrogens is 452 g/mol. The molecule has 0 saturated carbocycles. The number of carbonyl (C=O) groups is 2. The van der Waals surface area contributed by atoms with E-state index in [1.54, 1.807) is 21.9 Å². The molecule has 3 rings (SSSR count). The van der Waals surface area contributed by atoms with E-state index in [2.05, 4.69) is 10.2 Å². The van der Waals surface area contributed by atoms with Crippen LogP contribution in [0.3, 0.4) is 0 Å². The smallest absolute Gasteiger partial charge is 0.238 e. The first kappa shape index (κ1) is 25.5. The molecule has 0 aliphatic carbocycles. The number of rotatable bonds is 9. The Bertz CT molecular complexity index is 995. The van der Waals surface area contributed by atoms with Gasteiger partial charge in [-0.05, 0) is 49.4 Å². The van der Waals surface area contributed by atoms with Crippen molar-refractivity contribution in [3.05, 3.63) is 59.7 Å². The van der Waals surface area contributed by atoms with E-state index in [4.69, 9.17) is 0 Å². The molecule has 1 N–H and O–H groups in total. The number of halogens is 4. The Hall–Kier alpha value is -3.14. The largest absolute Gasteiger partial charge is 0.368 e. The fourth-order valence-electron chi connectivity index (χ4n) is 3.88. The van der Waals surface area contributed by atoms with E-state index in [1.165, 1.54) is 12.1 Å². The maximum absolute atomic E-state index is 13.8. The summed E-state index contributed by atoms with van der Waals surface area (Å²) in [6, 6.07) is 7.95. The summed E-state index contributed by atoms with van der Waals surface area (Å²) < 4.78 is 53.4. The number of hydrogen-bond acceptors (Lipinski definition) is 4. The number of nitrogens with zero attached hydrogens (tertiary/aromatic N) is 3. The van der Waals surface area contributed by atoms with Crippen molar-refractivity contribution in [1.82, 2.24) is 9.80 Å². The molecule has 184 valence electrons. The monoisotopic (exact) mass is 480 g/mol. The second-order valence-corrected chi connectivity index (χ2v) is 8.14. The van der Waals surface area contributed by atoms with Gasteiger partial charge < -0.3 is 15.1 Å². The highest BCUT2D eigenvalue weighted by molar-refractivity contribution is 5.92. The molecule has 6 nitrogen and oxygen atoms in total. The van der Waals surface area contributed by atoms with Crippen molar-refractivity contribution in [2.75, 3.05) is 56.0 Å². The Labute approximate surface area is 196 Å². The van der Waals surface area contributed by atoms with E-state index in [9.17, 15) is 27.2 Å². The van der Waals surface area contributed by atoms with Crippen LogP contribution < -0.4 is 10.2 Å². The Morgan fingerprint density at radius 1 is 0.912 bits per heavy atom. The summed E-state index contributed by atoms with van der Waals surface area (Å²) in [6.07, 6.45) is 0.945. The lowest BCUT2D eigenvalue weighted by Gasteiger charge is -2.36. The van der Waals surface area contributed by atoms with Gasteiger partial charge in [0.05, 0.1) is 12.2 Å². The zero-order valence-corrected chi connectivity index (χ0v) is 19.0. The topological polar surface area (TPSA) is 55.9 Å². The average Bonchev–Trinajstić information content (AvgIpc) is 2.83. The quantitative estimate of drug-likeness (QED) is 0.440. The van der Waals surface area contributed by atoms with Gasteiger partial charge in [-0.2, -0.15) is 0 Å². The van der Waals surface area contributed by atoms with Gasteiger partial charge in [0.25, 0.3) is 0 Å². The third-order valence-electron chi connectivity index (χ3n) is 5.68. The normalized spacial score (nSPS) is 13.9. The van der Waals surface area contributed by atoms with Crippen molar-refractivity contribution in [3.8, 4) is 0 Å². The van der Waals surface area contributed by atoms with Gasteiger partial charge in [-0.25, -0.2) is 17.6 Å². The van der Waals surface area contributed by atoms with Crippen LogP contribution in [0.1, 0.15) is 19.8 Å². The van der Waals surface area contributed by atoms with Crippen LogP contribution in [-0.2, 0) is 9.59 Å². The number of carbonyl (C=O) groups excluding carboxylic acids is 2. The molecule has 1 aliphatic rings. The number of hydrogen-bond donors (Lipinski definition) is 1. The van der Waals surface area contributed by atoms with E-state index < -0.39 is 29.0 Å². The van der Waals surface area contributed by atoms with Gasteiger partial charge in [-0.15, -0.1) is 0 Å². The number of piperazine rings is 1. The standard InChI is InChI=1S/C24H28F4N4O2/c1-2-10-30(16-21(33)29-20-8-7-19(26)23(27)24(20)28)11-9-22(34)32-14-12-31(13-15-32)18-5-3-17(25)4-6-18/h3-8H,2,9-16H2,1H3,(H,29,33). The molecule has 0 aromatic heterocycles. The van der Waals surface area contributed by atoms with Crippen molar-refractivity contribution in [2.24, 2.45) is 0 Å². The molecule has 0 spiro atoms. The molecule has 1 fully saturated rings. The van der Waals surface area contributed by atoms with E-state index in [0.29, 0.717) is 39.3 Å². The molecular formula is C24H28F4N4O2. The fraction of sp³-hybridized carbons (Fsp3) is 0.417. The minimum Gasteiger partial charge on any atom is -0.368 e. The van der Waals surface area contributed by atoms with E-state index in [0.717, 1.165) is 24.2 Å². The molecule has 2 aromatic carbocycles. The summed E-state index contributed by atoms with van der Waals surface area (Å²) in [7, 11) is 0. The molecule has 0 atom stereocenters.